The van der Waals surface area contributed by atoms with Crippen LogP contribution in [-0.4, -0.2) is 0 Å². The van der Waals surface area contributed by atoms with E-state index in [4.69, 9.17) is 16.3 Å². The Labute approximate surface area is 181 Å². The maximum atomic E-state index is 13.3. The van der Waals surface area contributed by atoms with Gasteiger partial charge in [0.25, 0.3) is 0 Å². The Balaban J connectivity index is 1.59. The van der Waals surface area contributed by atoms with Gasteiger partial charge in [0, 0.05) is 23.7 Å². The topological polar surface area (TPSA) is 21.3 Å². The molecule has 0 heterocycles. The molecule has 0 aliphatic heterocycles. The Morgan fingerprint density at radius 1 is 0.933 bits per heavy atom. The molecular weight excluding hydrogens is 397 g/mol. The largest absolute Gasteiger partial charge is 0.488 e. The van der Waals surface area contributed by atoms with E-state index < -0.39 is 0 Å². The fourth-order valence-electron chi connectivity index (χ4n) is 3.54. The Morgan fingerprint density at radius 2 is 1.70 bits per heavy atom. The Morgan fingerprint density at radius 3 is 2.50 bits per heavy atom. The van der Waals surface area contributed by atoms with Gasteiger partial charge in [0.15, 0.2) is 0 Å². The summed E-state index contributed by atoms with van der Waals surface area (Å²) in [5.74, 6) is 0.441. The molecule has 4 aromatic rings. The van der Waals surface area contributed by atoms with Gasteiger partial charge in [-0.05, 0) is 41.5 Å². The molecule has 1 N–H and O–H groups in total. The number of nitrogens with one attached hydrogen (secondary N) is 1. The van der Waals surface area contributed by atoms with Crippen LogP contribution in [0.15, 0.2) is 84.9 Å². The van der Waals surface area contributed by atoms with E-state index in [1.54, 1.807) is 6.07 Å². The highest BCUT2D eigenvalue weighted by Crippen LogP contribution is 2.30. The molecule has 0 saturated heterocycles. The van der Waals surface area contributed by atoms with Crippen molar-refractivity contribution in [2.24, 2.45) is 0 Å². The number of fused-ring (bicyclic) bond motifs is 1. The highest BCUT2D eigenvalue weighted by Gasteiger charge is 2.12. The van der Waals surface area contributed by atoms with Crippen LogP contribution in [0.5, 0.6) is 5.75 Å². The third kappa shape index (κ3) is 4.64. The van der Waals surface area contributed by atoms with Crippen LogP contribution in [0.25, 0.3) is 10.8 Å². The minimum Gasteiger partial charge on any atom is -0.488 e. The van der Waals surface area contributed by atoms with Gasteiger partial charge in [-0.3, -0.25) is 0 Å². The lowest BCUT2D eigenvalue weighted by Crippen LogP contribution is -2.18. The van der Waals surface area contributed by atoms with Crippen LogP contribution in [0.4, 0.5) is 4.39 Å². The minimum atomic E-state index is -0.353. The van der Waals surface area contributed by atoms with Gasteiger partial charge in [-0.15, -0.1) is 0 Å². The maximum absolute atomic E-state index is 13.3. The molecule has 4 rings (SSSR count). The quantitative estimate of drug-likeness (QED) is 0.346. The van der Waals surface area contributed by atoms with Crippen molar-refractivity contribution in [2.45, 2.75) is 26.1 Å². The van der Waals surface area contributed by atoms with Crippen molar-refractivity contribution >= 4 is 22.4 Å². The highest BCUT2D eigenvalue weighted by molar-refractivity contribution is 6.31. The van der Waals surface area contributed by atoms with Gasteiger partial charge in [-0.1, -0.05) is 78.3 Å². The Kier molecular flexibility index (Phi) is 6.32. The van der Waals surface area contributed by atoms with E-state index in [-0.39, 0.29) is 18.5 Å². The Hall–Kier alpha value is -2.88. The van der Waals surface area contributed by atoms with Crippen molar-refractivity contribution < 1.29 is 9.13 Å². The molecule has 0 radical (unpaired) electrons. The number of hydrogen-bond acceptors (Lipinski definition) is 2. The molecule has 2 nitrogen and oxygen atoms in total. The summed E-state index contributed by atoms with van der Waals surface area (Å²) in [6.07, 6.45) is 0. The number of rotatable bonds is 7. The fraction of sp³-hybridized carbons (Fsp3) is 0.154. The van der Waals surface area contributed by atoms with Crippen LogP contribution in [-0.2, 0) is 13.2 Å². The summed E-state index contributed by atoms with van der Waals surface area (Å²) in [6.45, 7) is 3.09. The summed E-state index contributed by atoms with van der Waals surface area (Å²) in [5, 5.41) is 6.29. The Bertz CT molecular complexity index is 1150. The van der Waals surface area contributed by atoms with Crippen LogP contribution in [0, 0.1) is 5.82 Å². The van der Waals surface area contributed by atoms with Crippen LogP contribution in [0.1, 0.15) is 29.7 Å². The second-order valence-corrected chi connectivity index (χ2v) is 7.71. The average molecular weight is 420 g/mol. The lowest BCUT2D eigenvalue weighted by atomic mass is 10.0. The maximum Gasteiger partial charge on any atom is 0.124 e. The molecule has 152 valence electrons. The standard InChI is InChI=1S/C26H23ClFNO/c1-18(19-7-3-2-4-8-19)29-16-24-23-10-6-5-9-20(23)12-14-26(24)30-17-21-11-13-22(28)15-25(21)27/h2-15,18,29H,16-17H2,1H3/t18-/m1/s1. The zero-order chi connectivity index (χ0) is 20.9. The summed E-state index contributed by atoms with van der Waals surface area (Å²) in [5.41, 5.74) is 3.08. The third-order valence-corrected chi connectivity index (χ3v) is 5.63. The second kappa shape index (κ2) is 9.29. The summed E-state index contributed by atoms with van der Waals surface area (Å²) in [6, 6.07) is 27.2. The number of benzene rings is 4. The molecule has 0 saturated carbocycles. The molecule has 4 aromatic carbocycles. The normalized spacial score (nSPS) is 12.1. The van der Waals surface area contributed by atoms with Crippen LogP contribution in [0.3, 0.4) is 0 Å². The first kappa shape index (κ1) is 20.4. The van der Waals surface area contributed by atoms with Crippen molar-refractivity contribution in [1.82, 2.24) is 5.32 Å². The zero-order valence-corrected chi connectivity index (χ0v) is 17.5. The molecule has 0 aliphatic rings. The molecular formula is C26H23ClFNO. The lowest BCUT2D eigenvalue weighted by molar-refractivity contribution is 0.302. The SMILES string of the molecule is C[C@@H](NCc1c(OCc2ccc(F)cc2Cl)ccc2ccccc12)c1ccccc1. The van der Waals surface area contributed by atoms with Crippen molar-refractivity contribution in [3.05, 3.63) is 112 Å². The highest BCUT2D eigenvalue weighted by atomic mass is 35.5. The van der Waals surface area contributed by atoms with Gasteiger partial charge in [0.1, 0.15) is 18.2 Å². The van der Waals surface area contributed by atoms with E-state index in [0.29, 0.717) is 11.6 Å². The predicted octanol–water partition coefficient (Wildman–Crippen LogP) is 7.06. The molecule has 0 bridgehead atoms. The lowest BCUT2D eigenvalue weighted by Gasteiger charge is -2.19. The van der Waals surface area contributed by atoms with Crippen molar-refractivity contribution in [3.63, 3.8) is 0 Å². The van der Waals surface area contributed by atoms with Gasteiger partial charge < -0.3 is 10.1 Å². The molecule has 0 aromatic heterocycles. The molecule has 30 heavy (non-hydrogen) atoms. The molecule has 1 atom stereocenters. The number of halogens is 2. The van der Waals surface area contributed by atoms with Crippen molar-refractivity contribution in [2.75, 3.05) is 0 Å². The van der Waals surface area contributed by atoms with Crippen LogP contribution >= 0.6 is 11.6 Å². The predicted molar refractivity (Wildman–Crippen MR) is 121 cm³/mol. The first-order valence-electron chi connectivity index (χ1n) is 9.97. The van der Waals surface area contributed by atoms with E-state index in [1.165, 1.54) is 17.7 Å². The van der Waals surface area contributed by atoms with Crippen molar-refractivity contribution in [3.8, 4) is 5.75 Å². The van der Waals surface area contributed by atoms with E-state index in [2.05, 4.69) is 42.6 Å². The van der Waals surface area contributed by atoms with E-state index >= 15 is 0 Å². The molecule has 0 unspecified atom stereocenters. The third-order valence-electron chi connectivity index (χ3n) is 5.28. The molecule has 0 spiro atoms. The van der Waals surface area contributed by atoms with Gasteiger partial charge in [0.2, 0.25) is 0 Å². The average Bonchev–Trinajstić information content (AvgIpc) is 2.77. The molecule has 0 amide bonds. The smallest absolute Gasteiger partial charge is 0.124 e. The summed E-state index contributed by atoms with van der Waals surface area (Å²) >= 11 is 6.17. The molecule has 0 fully saturated rings. The summed E-state index contributed by atoms with van der Waals surface area (Å²) < 4.78 is 19.5. The first-order chi connectivity index (χ1) is 14.6. The second-order valence-electron chi connectivity index (χ2n) is 7.30. The van der Waals surface area contributed by atoms with Gasteiger partial charge in [0.05, 0.1) is 5.02 Å². The number of hydrogen-bond donors (Lipinski definition) is 1. The molecule has 4 heteroatoms. The van der Waals surface area contributed by atoms with E-state index in [1.807, 2.05) is 36.4 Å². The van der Waals surface area contributed by atoms with Gasteiger partial charge >= 0.3 is 0 Å². The zero-order valence-electron chi connectivity index (χ0n) is 16.7. The fourth-order valence-corrected chi connectivity index (χ4v) is 3.76. The monoisotopic (exact) mass is 419 g/mol. The van der Waals surface area contributed by atoms with Gasteiger partial charge in [-0.2, -0.15) is 0 Å². The summed E-state index contributed by atoms with van der Waals surface area (Å²) in [7, 11) is 0. The van der Waals surface area contributed by atoms with Gasteiger partial charge in [-0.25, -0.2) is 4.39 Å². The van der Waals surface area contributed by atoms with Crippen molar-refractivity contribution in [1.29, 1.82) is 0 Å². The molecule has 0 aliphatic carbocycles. The van der Waals surface area contributed by atoms with E-state index in [0.717, 1.165) is 27.6 Å². The first-order valence-corrected chi connectivity index (χ1v) is 10.4. The minimum absolute atomic E-state index is 0.199. The number of ether oxygens (including phenoxy) is 1. The van der Waals surface area contributed by atoms with Crippen LogP contribution < -0.4 is 10.1 Å². The van der Waals surface area contributed by atoms with E-state index in [9.17, 15) is 4.39 Å². The summed E-state index contributed by atoms with van der Waals surface area (Å²) in [4.78, 5) is 0. The van der Waals surface area contributed by atoms with Crippen LogP contribution in [0.2, 0.25) is 5.02 Å².